The fourth-order valence-corrected chi connectivity index (χ4v) is 10.8. The molecule has 4 atom stereocenters. The standard InChI is InChI=1S/C46H38N4/c1-2-14-30(15-3-1)48-38-21-7-4-17-32(38)33-24-25-35-44(43(33)48)49(45-36-19-10-11-26-46(35,36)45)31-16-12-13-29(27-31)42-34-18-5-8-22-39(34)50-40-23-9-6-20-37(40)47-28-41(42)50/h1-4,6,8-10,12-17,19,22-25,27-28,36-37,45H,5,7,11,18,20-21,26H2. The van der Waals surface area contributed by atoms with Crippen LogP contribution in [0.25, 0.3) is 45.6 Å². The molecule has 4 heteroatoms. The van der Waals surface area contributed by atoms with E-state index < -0.39 is 0 Å². The second kappa shape index (κ2) is 9.88. The Bertz CT molecular complexity index is 2490. The summed E-state index contributed by atoms with van der Waals surface area (Å²) < 4.78 is 5.13. The van der Waals surface area contributed by atoms with Gasteiger partial charge < -0.3 is 14.0 Å². The SMILES string of the molecule is C1=CCC2N=Cc3c(-c4cccc(N5c6c(ccc7c8c(n(-c9ccccc9)c67)CCC=C8)C67CCC=CC6C57)c4)c4c(n3C2=C1)C=CCC4. The minimum absolute atomic E-state index is 0.179. The highest BCUT2D eigenvalue weighted by Crippen LogP contribution is 2.72. The number of nitrogens with zero attached hydrogens (tertiary/aromatic N) is 4. The van der Waals surface area contributed by atoms with Crippen molar-refractivity contribution in [1.29, 1.82) is 0 Å². The fourth-order valence-electron chi connectivity index (χ4n) is 10.8. The van der Waals surface area contributed by atoms with E-state index in [9.17, 15) is 0 Å². The number of benzene rings is 3. The topological polar surface area (TPSA) is 25.5 Å². The number of hydrogen-bond donors (Lipinski definition) is 0. The zero-order valence-electron chi connectivity index (χ0n) is 28.1. The van der Waals surface area contributed by atoms with Gasteiger partial charge in [0.05, 0.1) is 29.0 Å². The van der Waals surface area contributed by atoms with Crippen LogP contribution in [0.2, 0.25) is 0 Å². The monoisotopic (exact) mass is 646 g/mol. The first-order valence-corrected chi connectivity index (χ1v) is 18.7. The summed E-state index contributed by atoms with van der Waals surface area (Å²) in [6, 6.07) is 26.2. The van der Waals surface area contributed by atoms with Gasteiger partial charge in [0.15, 0.2) is 0 Å². The van der Waals surface area contributed by atoms with Crippen molar-refractivity contribution in [3.8, 4) is 16.8 Å². The zero-order valence-corrected chi connectivity index (χ0v) is 28.1. The third-order valence-corrected chi connectivity index (χ3v) is 12.9. The molecule has 7 aliphatic rings. The van der Waals surface area contributed by atoms with Gasteiger partial charge >= 0.3 is 0 Å². The van der Waals surface area contributed by atoms with Gasteiger partial charge in [0, 0.05) is 62.5 Å². The minimum Gasteiger partial charge on any atom is -0.335 e. The predicted molar refractivity (Wildman–Crippen MR) is 207 cm³/mol. The summed E-state index contributed by atoms with van der Waals surface area (Å²) in [6.07, 6.45) is 31.0. The number of para-hydroxylation sites is 1. The van der Waals surface area contributed by atoms with Crippen LogP contribution < -0.4 is 4.90 Å². The molecule has 5 aliphatic carbocycles. The Morgan fingerprint density at radius 1 is 0.780 bits per heavy atom. The molecule has 242 valence electrons. The minimum atomic E-state index is 0.179. The lowest BCUT2D eigenvalue weighted by atomic mass is 9.85. The normalized spacial score (nSPS) is 25.8. The summed E-state index contributed by atoms with van der Waals surface area (Å²) in [6.45, 7) is 0. The van der Waals surface area contributed by atoms with Crippen LogP contribution in [-0.4, -0.2) is 27.4 Å². The Kier molecular flexibility index (Phi) is 5.43. The number of rotatable bonds is 3. The Labute approximate surface area is 292 Å². The third kappa shape index (κ3) is 3.39. The molecule has 1 fully saturated rings. The second-order valence-electron chi connectivity index (χ2n) is 15.2. The average Bonchev–Trinajstić information content (AvgIpc) is 3.40. The highest BCUT2D eigenvalue weighted by atomic mass is 15.3. The van der Waals surface area contributed by atoms with Gasteiger partial charge in [-0.1, -0.05) is 85.0 Å². The van der Waals surface area contributed by atoms with Crippen LogP contribution in [-0.2, 0) is 18.3 Å². The Morgan fingerprint density at radius 2 is 1.68 bits per heavy atom. The summed E-state index contributed by atoms with van der Waals surface area (Å²) in [7, 11) is 0. The molecule has 0 radical (unpaired) electrons. The highest BCUT2D eigenvalue weighted by Gasteiger charge is 2.72. The van der Waals surface area contributed by atoms with E-state index in [1.54, 1.807) is 5.56 Å². The molecule has 3 aromatic carbocycles. The lowest BCUT2D eigenvalue weighted by Gasteiger charge is -2.27. The number of hydrogen-bond acceptors (Lipinski definition) is 2. The molecule has 0 amide bonds. The Hall–Kier alpha value is -5.35. The van der Waals surface area contributed by atoms with Gasteiger partial charge in [-0.15, -0.1) is 0 Å². The van der Waals surface area contributed by atoms with Crippen LogP contribution in [0, 0.1) is 5.92 Å². The predicted octanol–water partition coefficient (Wildman–Crippen LogP) is 10.4. The summed E-state index contributed by atoms with van der Waals surface area (Å²) >= 11 is 0. The summed E-state index contributed by atoms with van der Waals surface area (Å²) in [5, 5.41) is 1.38. The van der Waals surface area contributed by atoms with E-state index in [4.69, 9.17) is 4.99 Å². The van der Waals surface area contributed by atoms with Gasteiger partial charge in [0.2, 0.25) is 0 Å². The highest BCUT2D eigenvalue weighted by molar-refractivity contribution is 6.06. The molecule has 2 aliphatic heterocycles. The van der Waals surface area contributed by atoms with E-state index in [1.807, 2.05) is 0 Å². The van der Waals surface area contributed by atoms with Crippen LogP contribution in [0.5, 0.6) is 0 Å². The van der Waals surface area contributed by atoms with Crippen molar-refractivity contribution in [1.82, 2.24) is 9.13 Å². The smallest absolute Gasteiger partial charge is 0.0938 e. The number of anilines is 2. The maximum absolute atomic E-state index is 5.11. The van der Waals surface area contributed by atoms with Crippen molar-refractivity contribution in [2.45, 2.75) is 62.4 Å². The maximum atomic E-state index is 5.11. The molecule has 0 bridgehead atoms. The molecule has 12 rings (SSSR count). The van der Waals surface area contributed by atoms with Crippen LogP contribution in [0.1, 0.15) is 65.9 Å². The molecule has 0 N–H and O–H groups in total. The quantitative estimate of drug-likeness (QED) is 0.179. The van der Waals surface area contributed by atoms with Crippen molar-refractivity contribution in [3.63, 3.8) is 0 Å². The fraction of sp³-hybridized carbons (Fsp3) is 0.239. The van der Waals surface area contributed by atoms with Crippen molar-refractivity contribution < 1.29 is 0 Å². The van der Waals surface area contributed by atoms with Crippen LogP contribution >= 0.6 is 0 Å². The maximum Gasteiger partial charge on any atom is 0.0938 e. The molecular weight excluding hydrogens is 609 g/mol. The largest absolute Gasteiger partial charge is 0.335 e. The van der Waals surface area contributed by atoms with Crippen molar-refractivity contribution in [2.75, 3.05) is 4.90 Å². The van der Waals surface area contributed by atoms with Crippen LogP contribution in [0.15, 0.2) is 114 Å². The van der Waals surface area contributed by atoms with Gasteiger partial charge in [-0.2, -0.15) is 0 Å². The molecule has 2 aromatic heterocycles. The second-order valence-corrected chi connectivity index (χ2v) is 15.2. The van der Waals surface area contributed by atoms with E-state index in [1.165, 1.54) is 79.4 Å². The summed E-state index contributed by atoms with van der Waals surface area (Å²) in [5.74, 6) is 0.551. The number of allylic oxidation sites excluding steroid dienone is 5. The summed E-state index contributed by atoms with van der Waals surface area (Å²) in [5.41, 5.74) is 17.9. The van der Waals surface area contributed by atoms with Gasteiger partial charge in [-0.05, 0) is 98.1 Å². The summed E-state index contributed by atoms with van der Waals surface area (Å²) in [4.78, 5) is 7.89. The number of fused-ring (bicyclic) bond motifs is 11. The van der Waals surface area contributed by atoms with Gasteiger partial charge in [0.1, 0.15) is 0 Å². The molecule has 0 saturated heterocycles. The van der Waals surface area contributed by atoms with Gasteiger partial charge in [0.25, 0.3) is 0 Å². The Morgan fingerprint density at radius 3 is 2.64 bits per heavy atom. The van der Waals surface area contributed by atoms with Crippen molar-refractivity contribution in [2.24, 2.45) is 10.9 Å². The van der Waals surface area contributed by atoms with E-state index in [0.29, 0.717) is 12.0 Å². The molecule has 5 aromatic rings. The first kappa shape index (κ1) is 27.5. The van der Waals surface area contributed by atoms with E-state index in [2.05, 4.69) is 142 Å². The van der Waals surface area contributed by atoms with Crippen molar-refractivity contribution >= 4 is 46.3 Å². The first-order chi connectivity index (χ1) is 24.8. The van der Waals surface area contributed by atoms with Gasteiger partial charge in [-0.3, -0.25) is 4.99 Å². The molecule has 1 saturated carbocycles. The lowest BCUT2D eigenvalue weighted by Crippen LogP contribution is -2.22. The van der Waals surface area contributed by atoms with Crippen LogP contribution in [0.3, 0.4) is 0 Å². The molecule has 50 heavy (non-hydrogen) atoms. The van der Waals surface area contributed by atoms with E-state index >= 15 is 0 Å². The molecule has 1 spiro atoms. The average molecular weight is 647 g/mol. The van der Waals surface area contributed by atoms with Crippen LogP contribution in [0.4, 0.5) is 11.4 Å². The van der Waals surface area contributed by atoms with E-state index in [-0.39, 0.29) is 11.5 Å². The lowest BCUT2D eigenvalue weighted by molar-refractivity contribution is 0.583. The Balaban J connectivity index is 1.11. The van der Waals surface area contributed by atoms with Crippen molar-refractivity contribution in [3.05, 3.63) is 143 Å². The zero-order chi connectivity index (χ0) is 32.6. The van der Waals surface area contributed by atoms with E-state index in [0.717, 1.165) is 38.5 Å². The first-order valence-electron chi connectivity index (χ1n) is 18.7. The van der Waals surface area contributed by atoms with Gasteiger partial charge in [-0.25, -0.2) is 0 Å². The number of aliphatic imine (C=N–C) groups is 1. The molecule has 4 nitrogen and oxygen atoms in total. The third-order valence-electron chi connectivity index (χ3n) is 12.9. The molecule has 4 heterocycles. The molecular formula is C46H38N4. The number of aromatic nitrogens is 2. The molecule has 4 unspecified atom stereocenters.